The number of hydrogen-bond donors (Lipinski definition) is 2. The Bertz CT molecular complexity index is 411. The zero-order chi connectivity index (χ0) is 13.1. The van der Waals surface area contributed by atoms with Crippen LogP contribution in [-0.4, -0.2) is 35.7 Å². The molecule has 2 N–H and O–H groups in total. The fourth-order valence-corrected chi connectivity index (χ4v) is 2.83. The average molecular weight is 313 g/mol. The third kappa shape index (κ3) is 3.46. The Kier molecular flexibility index (Phi) is 4.65. The Balaban J connectivity index is 1.90. The number of aromatic hydroxyl groups is 1. The number of nitrogens with one attached hydrogen (secondary N) is 1. The molecule has 1 aliphatic rings. The minimum Gasteiger partial charge on any atom is -0.508 e. The summed E-state index contributed by atoms with van der Waals surface area (Å²) in [5.74, 6) is 0.367. The number of phenols is 1. The minimum atomic E-state index is 0.367. The van der Waals surface area contributed by atoms with E-state index in [0.29, 0.717) is 17.8 Å². The molecule has 4 heteroatoms. The number of phenolic OH excluding ortho intramolecular Hbond substituents is 1. The first-order valence-corrected chi connectivity index (χ1v) is 7.26. The first-order chi connectivity index (χ1) is 8.56. The number of likely N-dealkylation sites (tertiary alicyclic amines) is 1. The summed E-state index contributed by atoms with van der Waals surface area (Å²) in [5.41, 5.74) is 0.955. The van der Waals surface area contributed by atoms with Gasteiger partial charge in [-0.05, 0) is 51.6 Å². The zero-order valence-corrected chi connectivity index (χ0v) is 12.6. The van der Waals surface area contributed by atoms with Crippen LogP contribution in [-0.2, 0) is 6.54 Å². The van der Waals surface area contributed by atoms with Gasteiger partial charge in [-0.2, -0.15) is 0 Å². The number of benzene rings is 1. The maximum absolute atomic E-state index is 9.79. The van der Waals surface area contributed by atoms with Gasteiger partial charge in [0.2, 0.25) is 0 Å². The van der Waals surface area contributed by atoms with E-state index in [9.17, 15) is 5.11 Å². The molecule has 1 heterocycles. The second kappa shape index (κ2) is 6.04. The molecule has 0 bridgehead atoms. The summed E-state index contributed by atoms with van der Waals surface area (Å²) in [7, 11) is 2.18. The number of nitrogens with zero attached hydrogens (tertiary/aromatic N) is 1. The first kappa shape index (κ1) is 13.8. The van der Waals surface area contributed by atoms with Gasteiger partial charge in [-0.1, -0.05) is 15.9 Å². The standard InChI is InChI=1S/C14H21BrN2O/c1-10-7-13(5-6-17(10)2)16-9-11-8-12(15)3-4-14(11)18/h3-4,8,10,13,16,18H,5-7,9H2,1-2H3. The molecule has 1 saturated heterocycles. The highest BCUT2D eigenvalue weighted by Gasteiger charge is 2.22. The van der Waals surface area contributed by atoms with E-state index in [2.05, 4.69) is 40.1 Å². The molecule has 100 valence electrons. The second-order valence-corrected chi connectivity index (χ2v) is 6.12. The van der Waals surface area contributed by atoms with Crippen molar-refractivity contribution in [3.63, 3.8) is 0 Å². The highest BCUT2D eigenvalue weighted by molar-refractivity contribution is 9.10. The highest BCUT2D eigenvalue weighted by atomic mass is 79.9. The lowest BCUT2D eigenvalue weighted by Crippen LogP contribution is -2.45. The highest BCUT2D eigenvalue weighted by Crippen LogP contribution is 2.22. The lowest BCUT2D eigenvalue weighted by Gasteiger charge is -2.35. The summed E-state index contributed by atoms with van der Waals surface area (Å²) in [4.78, 5) is 2.40. The van der Waals surface area contributed by atoms with Gasteiger partial charge in [0.15, 0.2) is 0 Å². The van der Waals surface area contributed by atoms with E-state index in [1.54, 1.807) is 6.07 Å². The van der Waals surface area contributed by atoms with Crippen LogP contribution in [0.15, 0.2) is 22.7 Å². The molecule has 0 radical (unpaired) electrons. The third-order valence-electron chi connectivity index (χ3n) is 3.83. The average Bonchev–Trinajstić information content (AvgIpc) is 2.34. The fraction of sp³-hybridized carbons (Fsp3) is 0.571. The quantitative estimate of drug-likeness (QED) is 0.901. The predicted molar refractivity (Wildman–Crippen MR) is 77.8 cm³/mol. The topological polar surface area (TPSA) is 35.5 Å². The van der Waals surface area contributed by atoms with Crippen molar-refractivity contribution in [1.82, 2.24) is 10.2 Å². The molecule has 0 spiro atoms. The molecule has 2 atom stereocenters. The van der Waals surface area contributed by atoms with Gasteiger partial charge in [0.25, 0.3) is 0 Å². The van der Waals surface area contributed by atoms with Crippen LogP contribution in [0.5, 0.6) is 5.75 Å². The molecule has 0 aromatic heterocycles. The van der Waals surface area contributed by atoms with E-state index in [1.807, 2.05) is 12.1 Å². The van der Waals surface area contributed by atoms with E-state index in [-0.39, 0.29) is 0 Å². The summed E-state index contributed by atoms with van der Waals surface area (Å²) < 4.78 is 1.01. The Hall–Kier alpha value is -0.580. The van der Waals surface area contributed by atoms with Crippen LogP contribution in [0.3, 0.4) is 0 Å². The maximum atomic E-state index is 9.79. The Morgan fingerprint density at radius 2 is 2.28 bits per heavy atom. The van der Waals surface area contributed by atoms with Crippen molar-refractivity contribution in [2.75, 3.05) is 13.6 Å². The molecule has 0 amide bonds. The van der Waals surface area contributed by atoms with Crippen LogP contribution in [0.25, 0.3) is 0 Å². The van der Waals surface area contributed by atoms with E-state index in [0.717, 1.165) is 23.1 Å². The molecule has 1 aromatic carbocycles. The minimum absolute atomic E-state index is 0.367. The van der Waals surface area contributed by atoms with Crippen LogP contribution in [0, 0.1) is 0 Å². The molecule has 1 aliphatic heterocycles. The molecule has 0 aliphatic carbocycles. The van der Waals surface area contributed by atoms with E-state index < -0.39 is 0 Å². The van der Waals surface area contributed by atoms with E-state index >= 15 is 0 Å². The molecule has 2 rings (SSSR count). The molecule has 0 saturated carbocycles. The molecule has 1 fully saturated rings. The van der Waals surface area contributed by atoms with Gasteiger partial charge in [-0.15, -0.1) is 0 Å². The number of hydrogen-bond acceptors (Lipinski definition) is 3. The van der Waals surface area contributed by atoms with Crippen molar-refractivity contribution in [3.8, 4) is 5.75 Å². The third-order valence-corrected chi connectivity index (χ3v) is 4.32. The van der Waals surface area contributed by atoms with E-state index in [1.165, 1.54) is 12.8 Å². The maximum Gasteiger partial charge on any atom is 0.120 e. The number of piperidine rings is 1. The van der Waals surface area contributed by atoms with Crippen molar-refractivity contribution in [2.45, 2.75) is 38.4 Å². The van der Waals surface area contributed by atoms with Crippen molar-refractivity contribution in [1.29, 1.82) is 0 Å². The first-order valence-electron chi connectivity index (χ1n) is 6.47. The monoisotopic (exact) mass is 312 g/mol. The molecule has 18 heavy (non-hydrogen) atoms. The summed E-state index contributed by atoms with van der Waals surface area (Å²) in [6, 6.07) is 6.75. The summed E-state index contributed by atoms with van der Waals surface area (Å²) in [6.45, 7) is 4.14. The number of rotatable bonds is 3. The van der Waals surface area contributed by atoms with Gasteiger partial charge >= 0.3 is 0 Å². The predicted octanol–water partition coefficient (Wildman–Crippen LogP) is 2.73. The Morgan fingerprint density at radius 3 is 3.00 bits per heavy atom. The molecular weight excluding hydrogens is 292 g/mol. The van der Waals surface area contributed by atoms with Crippen molar-refractivity contribution >= 4 is 15.9 Å². The fourth-order valence-electron chi connectivity index (χ4n) is 2.42. The van der Waals surface area contributed by atoms with Crippen LogP contribution in [0.2, 0.25) is 0 Å². The lowest BCUT2D eigenvalue weighted by molar-refractivity contribution is 0.168. The molecule has 1 aromatic rings. The van der Waals surface area contributed by atoms with Gasteiger partial charge in [-0.25, -0.2) is 0 Å². The summed E-state index contributed by atoms with van der Waals surface area (Å²) >= 11 is 3.43. The number of halogens is 1. The Morgan fingerprint density at radius 1 is 1.50 bits per heavy atom. The SMILES string of the molecule is CC1CC(NCc2cc(Br)ccc2O)CCN1C. The van der Waals surface area contributed by atoms with E-state index in [4.69, 9.17) is 0 Å². The molecular formula is C14H21BrN2O. The largest absolute Gasteiger partial charge is 0.508 e. The molecule has 2 unspecified atom stereocenters. The summed E-state index contributed by atoms with van der Waals surface area (Å²) in [5, 5.41) is 13.3. The van der Waals surface area contributed by atoms with Gasteiger partial charge in [0.1, 0.15) is 5.75 Å². The zero-order valence-electron chi connectivity index (χ0n) is 11.0. The Labute approximate surface area is 117 Å². The van der Waals surface area contributed by atoms with Crippen LogP contribution < -0.4 is 5.32 Å². The van der Waals surface area contributed by atoms with Gasteiger partial charge < -0.3 is 15.3 Å². The van der Waals surface area contributed by atoms with Crippen molar-refractivity contribution < 1.29 is 5.11 Å². The van der Waals surface area contributed by atoms with Crippen molar-refractivity contribution in [2.24, 2.45) is 0 Å². The lowest BCUT2D eigenvalue weighted by atomic mass is 9.98. The van der Waals surface area contributed by atoms with Gasteiger partial charge in [0, 0.05) is 28.7 Å². The van der Waals surface area contributed by atoms with Crippen LogP contribution >= 0.6 is 15.9 Å². The smallest absolute Gasteiger partial charge is 0.120 e. The van der Waals surface area contributed by atoms with Gasteiger partial charge in [0.05, 0.1) is 0 Å². The van der Waals surface area contributed by atoms with Crippen molar-refractivity contribution in [3.05, 3.63) is 28.2 Å². The normalized spacial score (nSPS) is 25.3. The van der Waals surface area contributed by atoms with Crippen LogP contribution in [0.4, 0.5) is 0 Å². The van der Waals surface area contributed by atoms with Crippen LogP contribution in [0.1, 0.15) is 25.3 Å². The second-order valence-electron chi connectivity index (χ2n) is 5.20. The van der Waals surface area contributed by atoms with Gasteiger partial charge in [-0.3, -0.25) is 0 Å². The molecule has 3 nitrogen and oxygen atoms in total. The summed E-state index contributed by atoms with van der Waals surface area (Å²) in [6.07, 6.45) is 2.35.